The average molecular weight is 456 g/mol. The van der Waals surface area contributed by atoms with Gasteiger partial charge in [0.25, 0.3) is 5.56 Å². The van der Waals surface area contributed by atoms with E-state index in [1.54, 1.807) is 25.5 Å². The van der Waals surface area contributed by atoms with Crippen molar-refractivity contribution in [2.45, 2.75) is 20.4 Å². The number of benzene rings is 2. The molecule has 8 nitrogen and oxygen atoms in total. The maximum Gasteiger partial charge on any atom is 0.332 e. The minimum atomic E-state index is -0.427. The number of aromatic nitrogens is 5. The zero-order chi connectivity index (χ0) is 24.1. The summed E-state index contributed by atoms with van der Waals surface area (Å²) in [5.41, 5.74) is 4.18. The fourth-order valence-electron chi connectivity index (χ4n) is 4.33. The number of hydrogen-bond acceptors (Lipinski definition) is 4. The minimum absolute atomic E-state index is 0.145. The highest BCUT2D eigenvalue weighted by molar-refractivity contribution is 5.80. The third-order valence-electron chi connectivity index (χ3n) is 5.92. The van der Waals surface area contributed by atoms with E-state index in [4.69, 9.17) is 9.72 Å². The minimum Gasteiger partial charge on any atom is -0.495 e. The van der Waals surface area contributed by atoms with Crippen LogP contribution in [0.2, 0.25) is 0 Å². The van der Waals surface area contributed by atoms with Gasteiger partial charge in [0.15, 0.2) is 11.2 Å². The molecule has 0 saturated carbocycles. The van der Waals surface area contributed by atoms with Crippen LogP contribution in [0, 0.1) is 6.92 Å². The highest BCUT2D eigenvalue weighted by Gasteiger charge is 2.23. The van der Waals surface area contributed by atoms with Crippen molar-refractivity contribution in [1.29, 1.82) is 0 Å². The van der Waals surface area contributed by atoms with E-state index in [1.807, 2.05) is 66.2 Å². The van der Waals surface area contributed by atoms with Crippen LogP contribution in [0.5, 0.6) is 5.75 Å². The number of aryl methyl sites for hydroxylation is 2. The molecule has 34 heavy (non-hydrogen) atoms. The third kappa shape index (κ3) is 3.18. The Morgan fingerprint density at radius 3 is 2.53 bits per heavy atom. The average Bonchev–Trinajstić information content (AvgIpc) is 3.37. The van der Waals surface area contributed by atoms with Crippen molar-refractivity contribution in [3.05, 3.63) is 93.3 Å². The summed E-state index contributed by atoms with van der Waals surface area (Å²) >= 11 is 0. The molecule has 5 rings (SSSR count). The number of methoxy groups -OCH3 is 1. The van der Waals surface area contributed by atoms with Gasteiger partial charge in [0.2, 0.25) is 5.78 Å². The standard InChI is InChI=1S/C26H25N5O3/c1-16(2)14-30-24(32)22-23(28(4)26(30)33)27-25-29(22)15-20(18-9-7-6-8-10-18)31(25)19-13-17(3)11-12-21(19)34-5/h6-13,15H,1,14H2,2-5H3. The molecule has 2 aromatic carbocycles. The smallest absolute Gasteiger partial charge is 0.332 e. The number of imidazole rings is 2. The number of allylic oxidation sites excluding steroid dienone is 1. The summed E-state index contributed by atoms with van der Waals surface area (Å²) in [5.74, 6) is 1.18. The van der Waals surface area contributed by atoms with E-state index in [9.17, 15) is 9.59 Å². The number of rotatable bonds is 5. The zero-order valence-corrected chi connectivity index (χ0v) is 19.6. The molecule has 8 heteroatoms. The molecule has 0 aliphatic heterocycles. The van der Waals surface area contributed by atoms with Crippen LogP contribution in [0.15, 0.2) is 76.5 Å². The number of ether oxygens (including phenoxy) is 1. The maximum atomic E-state index is 13.5. The highest BCUT2D eigenvalue weighted by atomic mass is 16.5. The number of hydrogen-bond donors (Lipinski definition) is 0. The van der Waals surface area contributed by atoms with Gasteiger partial charge in [-0.3, -0.25) is 22.9 Å². The molecular weight excluding hydrogens is 430 g/mol. The molecule has 0 bridgehead atoms. The predicted octanol–water partition coefficient (Wildman–Crippen LogP) is 3.70. The Labute approximate surface area is 195 Å². The fourth-order valence-corrected chi connectivity index (χ4v) is 4.33. The summed E-state index contributed by atoms with van der Waals surface area (Å²) in [5, 5.41) is 0. The van der Waals surface area contributed by atoms with Gasteiger partial charge in [-0.25, -0.2) is 4.79 Å². The number of nitrogens with zero attached hydrogens (tertiary/aromatic N) is 5. The largest absolute Gasteiger partial charge is 0.495 e. The molecule has 5 aromatic rings. The van der Waals surface area contributed by atoms with Crippen LogP contribution < -0.4 is 16.0 Å². The molecule has 0 N–H and O–H groups in total. The molecule has 0 atom stereocenters. The van der Waals surface area contributed by atoms with E-state index in [0.717, 1.165) is 22.5 Å². The summed E-state index contributed by atoms with van der Waals surface area (Å²) in [6.45, 7) is 7.81. The van der Waals surface area contributed by atoms with Gasteiger partial charge >= 0.3 is 5.69 Å². The first-order valence-electron chi connectivity index (χ1n) is 10.9. The van der Waals surface area contributed by atoms with Crippen molar-refractivity contribution in [3.8, 4) is 22.7 Å². The molecule has 0 radical (unpaired) electrons. The van der Waals surface area contributed by atoms with Gasteiger partial charge in [-0.05, 0) is 31.5 Å². The molecule has 0 fully saturated rings. The van der Waals surface area contributed by atoms with Gasteiger partial charge < -0.3 is 4.74 Å². The van der Waals surface area contributed by atoms with Crippen LogP contribution >= 0.6 is 0 Å². The first-order valence-corrected chi connectivity index (χ1v) is 10.9. The van der Waals surface area contributed by atoms with E-state index < -0.39 is 11.2 Å². The van der Waals surface area contributed by atoms with Crippen molar-refractivity contribution in [3.63, 3.8) is 0 Å². The lowest BCUT2D eigenvalue weighted by Crippen LogP contribution is -2.39. The van der Waals surface area contributed by atoms with Crippen LogP contribution in [-0.4, -0.2) is 30.2 Å². The van der Waals surface area contributed by atoms with Gasteiger partial charge in [-0.2, -0.15) is 4.98 Å². The fraction of sp³-hybridized carbons (Fsp3) is 0.192. The van der Waals surface area contributed by atoms with Crippen LogP contribution in [-0.2, 0) is 13.6 Å². The van der Waals surface area contributed by atoms with Crippen molar-refractivity contribution < 1.29 is 4.74 Å². The second-order valence-corrected chi connectivity index (χ2v) is 8.54. The second kappa shape index (κ2) is 7.91. The Hall–Kier alpha value is -4.33. The van der Waals surface area contributed by atoms with Crippen molar-refractivity contribution >= 4 is 16.9 Å². The third-order valence-corrected chi connectivity index (χ3v) is 5.92. The van der Waals surface area contributed by atoms with E-state index in [1.165, 1.54) is 9.13 Å². The zero-order valence-electron chi connectivity index (χ0n) is 19.6. The lowest BCUT2D eigenvalue weighted by Gasteiger charge is -2.14. The Morgan fingerprint density at radius 1 is 1.12 bits per heavy atom. The summed E-state index contributed by atoms with van der Waals surface area (Å²) in [6.07, 6.45) is 1.89. The van der Waals surface area contributed by atoms with E-state index in [0.29, 0.717) is 28.3 Å². The van der Waals surface area contributed by atoms with Crippen LogP contribution in [0.25, 0.3) is 33.9 Å². The molecule has 0 unspecified atom stereocenters. The first-order chi connectivity index (χ1) is 16.3. The van der Waals surface area contributed by atoms with Gasteiger partial charge in [-0.15, -0.1) is 0 Å². The van der Waals surface area contributed by atoms with Gasteiger partial charge in [-0.1, -0.05) is 48.6 Å². The summed E-state index contributed by atoms with van der Waals surface area (Å²) in [4.78, 5) is 31.2. The SMILES string of the molecule is C=C(C)Cn1c(=O)c2c(nc3n(-c4cc(C)ccc4OC)c(-c4ccccc4)cn23)n(C)c1=O. The normalized spacial score (nSPS) is 11.4. The lowest BCUT2D eigenvalue weighted by molar-refractivity contribution is 0.413. The molecule has 172 valence electrons. The Balaban J connectivity index is 1.97. The summed E-state index contributed by atoms with van der Waals surface area (Å²) in [7, 11) is 3.25. The molecule has 0 aliphatic rings. The van der Waals surface area contributed by atoms with Crippen LogP contribution in [0.1, 0.15) is 12.5 Å². The van der Waals surface area contributed by atoms with E-state index in [2.05, 4.69) is 6.58 Å². The second-order valence-electron chi connectivity index (χ2n) is 8.54. The summed E-state index contributed by atoms with van der Waals surface area (Å²) in [6, 6.07) is 15.8. The monoisotopic (exact) mass is 455 g/mol. The molecule has 0 aliphatic carbocycles. The Bertz CT molecular complexity index is 1700. The Morgan fingerprint density at radius 2 is 1.85 bits per heavy atom. The molecule has 0 amide bonds. The van der Waals surface area contributed by atoms with Crippen molar-refractivity contribution in [2.75, 3.05) is 7.11 Å². The molecule has 0 saturated heterocycles. The van der Waals surface area contributed by atoms with Gasteiger partial charge in [0.1, 0.15) is 5.75 Å². The van der Waals surface area contributed by atoms with Crippen molar-refractivity contribution in [2.24, 2.45) is 7.05 Å². The Kier molecular flexibility index (Phi) is 5.01. The molecule has 0 spiro atoms. The summed E-state index contributed by atoms with van der Waals surface area (Å²) < 4.78 is 12.0. The van der Waals surface area contributed by atoms with Crippen LogP contribution in [0.4, 0.5) is 0 Å². The quantitative estimate of drug-likeness (QED) is 0.379. The van der Waals surface area contributed by atoms with E-state index >= 15 is 0 Å². The van der Waals surface area contributed by atoms with Crippen molar-refractivity contribution in [1.82, 2.24) is 23.1 Å². The molecular formula is C26H25N5O3. The highest BCUT2D eigenvalue weighted by Crippen LogP contribution is 2.33. The van der Waals surface area contributed by atoms with Crippen LogP contribution in [0.3, 0.4) is 0 Å². The molecule has 3 heterocycles. The van der Waals surface area contributed by atoms with Gasteiger partial charge in [0, 0.05) is 18.8 Å². The predicted molar refractivity (Wildman–Crippen MR) is 133 cm³/mol. The first kappa shape index (κ1) is 21.5. The van der Waals surface area contributed by atoms with E-state index in [-0.39, 0.29) is 6.54 Å². The number of fused-ring (bicyclic) bond motifs is 3. The lowest BCUT2D eigenvalue weighted by atomic mass is 10.1. The topological polar surface area (TPSA) is 75.5 Å². The maximum absolute atomic E-state index is 13.5. The molecule has 3 aromatic heterocycles. The van der Waals surface area contributed by atoms with Gasteiger partial charge in [0.05, 0.1) is 25.0 Å².